The summed E-state index contributed by atoms with van der Waals surface area (Å²) in [6, 6.07) is 7.89. The van der Waals surface area contributed by atoms with Crippen molar-refractivity contribution in [2.24, 2.45) is 0 Å². The molecule has 0 aromatic heterocycles. The maximum Gasteiger partial charge on any atom is 0.493 e. The minimum Gasteiger partial charge on any atom is -0.493 e. The van der Waals surface area contributed by atoms with Gasteiger partial charge in [-0.15, -0.1) is 5.06 Å². The molecule has 2 aromatic rings. The van der Waals surface area contributed by atoms with Crippen molar-refractivity contribution in [1.82, 2.24) is 9.96 Å². The van der Waals surface area contributed by atoms with E-state index >= 15 is 0 Å². The third-order valence-corrected chi connectivity index (χ3v) is 8.56. The smallest absolute Gasteiger partial charge is 0.493 e. The van der Waals surface area contributed by atoms with Gasteiger partial charge in [-0.3, -0.25) is 0 Å². The zero-order valence-electron chi connectivity index (χ0n) is 22.8. The van der Waals surface area contributed by atoms with E-state index in [-0.39, 0.29) is 29.5 Å². The molecule has 0 spiro atoms. The van der Waals surface area contributed by atoms with E-state index in [0.717, 1.165) is 11.6 Å². The molecule has 4 rings (SSSR count). The van der Waals surface area contributed by atoms with Gasteiger partial charge in [0, 0.05) is 16.4 Å². The number of nitrogens with one attached hydrogen (secondary N) is 1. The number of urea groups is 1. The maximum atomic E-state index is 13.3. The van der Waals surface area contributed by atoms with Crippen LogP contribution in [0.5, 0.6) is 11.5 Å². The second-order valence-corrected chi connectivity index (χ2v) is 11.2. The topological polar surface area (TPSA) is 80.3 Å². The van der Waals surface area contributed by atoms with Crippen molar-refractivity contribution in [2.75, 3.05) is 33.1 Å². The van der Waals surface area contributed by atoms with Crippen molar-refractivity contribution < 1.29 is 50.2 Å². The lowest BCUT2D eigenvalue weighted by Gasteiger charge is -2.46. The van der Waals surface area contributed by atoms with Crippen molar-refractivity contribution in [3.63, 3.8) is 0 Å². The van der Waals surface area contributed by atoms with E-state index < -0.39 is 46.9 Å². The molecule has 1 aliphatic heterocycles. The fraction of sp³-hybridized carbons (Fsp3) is 0.481. The fourth-order valence-electron chi connectivity index (χ4n) is 5.83. The average molecular weight is 622 g/mol. The van der Waals surface area contributed by atoms with Gasteiger partial charge in [0.2, 0.25) is 0 Å². The van der Waals surface area contributed by atoms with Crippen LogP contribution < -0.4 is 14.8 Å². The van der Waals surface area contributed by atoms with Crippen LogP contribution >= 0.6 is 11.8 Å². The number of fused-ring (bicyclic) bond motifs is 1. The van der Waals surface area contributed by atoms with E-state index in [1.54, 1.807) is 6.07 Å². The van der Waals surface area contributed by atoms with Crippen LogP contribution in [0.15, 0.2) is 47.4 Å². The molecule has 42 heavy (non-hydrogen) atoms. The molecule has 0 unspecified atom stereocenters. The molecule has 3 atom stereocenters. The molecule has 1 aliphatic carbocycles. The molecular formula is C27H29F6N3O5S. The molecule has 230 valence electrons. The van der Waals surface area contributed by atoms with E-state index in [4.69, 9.17) is 9.47 Å². The Kier molecular flexibility index (Phi) is 9.11. The number of para-hydroxylation sites is 1. The fourth-order valence-corrected chi connectivity index (χ4v) is 6.46. The zero-order valence-corrected chi connectivity index (χ0v) is 23.7. The van der Waals surface area contributed by atoms with Crippen LogP contribution in [0.2, 0.25) is 0 Å². The molecule has 15 heteroatoms. The molecule has 1 saturated heterocycles. The number of halogens is 6. The summed E-state index contributed by atoms with van der Waals surface area (Å²) in [5.41, 5.74) is -4.51. The van der Waals surface area contributed by atoms with Gasteiger partial charge < -0.3 is 24.5 Å². The Bertz CT molecular complexity index is 1310. The Labute approximate surface area is 242 Å². The molecule has 2 aromatic carbocycles. The van der Waals surface area contributed by atoms with Gasteiger partial charge in [-0.05, 0) is 80.9 Å². The molecular weight excluding hydrogens is 592 g/mol. The summed E-state index contributed by atoms with van der Waals surface area (Å²) < 4.78 is 89.7. The molecule has 0 radical (unpaired) electrons. The SMILES string of the molecule is COc1ccc([C@@]23CC[C@@H](N(OC(=O)C(F)(F)F)C(=O)Nc4ccccc4SC(F)(F)F)C[C@@H]2N(C)CC3)cc1OC. The molecule has 1 N–H and O–H groups in total. The Morgan fingerprint density at radius 1 is 1.02 bits per heavy atom. The third-order valence-electron chi connectivity index (χ3n) is 7.76. The van der Waals surface area contributed by atoms with Crippen LogP contribution in [0.1, 0.15) is 31.2 Å². The molecule has 2 amide bonds. The number of ether oxygens (including phenoxy) is 2. The number of carbonyl (C=O) groups excluding carboxylic acids is 2. The number of likely N-dealkylation sites (tertiary alicyclic amines) is 1. The first-order valence-corrected chi connectivity index (χ1v) is 13.7. The average Bonchev–Trinajstić information content (AvgIpc) is 3.27. The highest BCUT2D eigenvalue weighted by Crippen LogP contribution is 2.51. The lowest BCUT2D eigenvalue weighted by molar-refractivity contribution is -0.235. The second kappa shape index (κ2) is 12.1. The highest BCUT2D eigenvalue weighted by Gasteiger charge is 2.53. The summed E-state index contributed by atoms with van der Waals surface area (Å²) in [4.78, 5) is 31.4. The van der Waals surface area contributed by atoms with Crippen LogP contribution in [0.4, 0.5) is 36.8 Å². The number of benzene rings is 2. The Hall–Kier alpha value is -3.33. The number of methoxy groups -OCH3 is 2. The standard InChI is InChI=1S/C27H29F6N3O5S/c1-35-13-12-25(16-8-9-19(39-2)20(14-16)40-3)11-10-17(15-22(25)35)36(41-23(37)26(28,29)30)24(38)34-18-6-4-5-7-21(18)42-27(31,32)33/h4-9,14,17,22H,10-13,15H2,1-3H3,(H,34,38)/t17-,22+,25+/m1/s1. The molecule has 2 aliphatic rings. The number of carbonyl (C=O) groups is 2. The van der Waals surface area contributed by atoms with Gasteiger partial charge in [0.25, 0.3) is 0 Å². The highest BCUT2D eigenvalue weighted by atomic mass is 32.2. The Balaban J connectivity index is 1.64. The summed E-state index contributed by atoms with van der Waals surface area (Å²) >= 11 is -0.497. The van der Waals surface area contributed by atoms with E-state index in [0.29, 0.717) is 35.9 Å². The van der Waals surface area contributed by atoms with Crippen LogP contribution in [-0.2, 0) is 15.0 Å². The number of thioether (sulfide) groups is 1. The van der Waals surface area contributed by atoms with Crippen LogP contribution in [0.25, 0.3) is 0 Å². The van der Waals surface area contributed by atoms with Gasteiger partial charge in [-0.1, -0.05) is 18.2 Å². The van der Waals surface area contributed by atoms with Crippen molar-refractivity contribution in [2.45, 2.75) is 59.8 Å². The van der Waals surface area contributed by atoms with Gasteiger partial charge in [-0.2, -0.15) is 26.3 Å². The number of rotatable bonds is 6. The van der Waals surface area contributed by atoms with Crippen molar-refractivity contribution in [3.05, 3.63) is 48.0 Å². The lowest BCUT2D eigenvalue weighted by atomic mass is 9.65. The largest absolute Gasteiger partial charge is 0.493 e. The van der Waals surface area contributed by atoms with Gasteiger partial charge in [0.1, 0.15) is 0 Å². The second-order valence-electron chi connectivity index (χ2n) is 10.1. The first kappa shape index (κ1) is 31.6. The first-order chi connectivity index (χ1) is 19.7. The number of likely N-dealkylation sites (N-methyl/N-ethyl adjacent to an activating group) is 1. The molecule has 0 bridgehead atoms. The van der Waals surface area contributed by atoms with E-state index in [1.165, 1.54) is 32.4 Å². The highest BCUT2D eigenvalue weighted by molar-refractivity contribution is 8.00. The molecule has 2 fully saturated rings. The van der Waals surface area contributed by atoms with E-state index in [1.807, 2.05) is 24.1 Å². The van der Waals surface area contributed by atoms with Crippen molar-refractivity contribution in [1.29, 1.82) is 0 Å². The lowest BCUT2D eigenvalue weighted by Crippen LogP contribution is -2.54. The van der Waals surface area contributed by atoms with Gasteiger partial charge in [0.15, 0.2) is 11.5 Å². The van der Waals surface area contributed by atoms with Gasteiger partial charge in [0.05, 0.1) is 25.9 Å². The van der Waals surface area contributed by atoms with Gasteiger partial charge >= 0.3 is 23.7 Å². The van der Waals surface area contributed by atoms with Crippen LogP contribution in [-0.4, -0.2) is 73.5 Å². The summed E-state index contributed by atoms with van der Waals surface area (Å²) in [5.74, 6) is -1.58. The first-order valence-electron chi connectivity index (χ1n) is 12.9. The Morgan fingerprint density at radius 3 is 2.36 bits per heavy atom. The van der Waals surface area contributed by atoms with Crippen LogP contribution in [0.3, 0.4) is 0 Å². The summed E-state index contributed by atoms with van der Waals surface area (Å²) in [5, 5.41) is 2.52. The molecule has 1 heterocycles. The number of anilines is 1. The number of hydrogen-bond donors (Lipinski definition) is 1. The summed E-state index contributed by atoms with van der Waals surface area (Å²) in [7, 11) is 4.87. The minimum atomic E-state index is -5.41. The maximum absolute atomic E-state index is 13.3. The van der Waals surface area contributed by atoms with Crippen molar-refractivity contribution in [3.8, 4) is 11.5 Å². The van der Waals surface area contributed by atoms with E-state index in [9.17, 15) is 35.9 Å². The van der Waals surface area contributed by atoms with Crippen molar-refractivity contribution >= 4 is 29.4 Å². The number of amides is 2. The third kappa shape index (κ3) is 6.66. The number of hydroxylamine groups is 2. The number of alkyl halides is 6. The summed E-state index contributed by atoms with van der Waals surface area (Å²) in [6.07, 6.45) is -4.01. The molecule has 8 nitrogen and oxygen atoms in total. The van der Waals surface area contributed by atoms with Gasteiger partial charge in [-0.25, -0.2) is 9.59 Å². The minimum absolute atomic E-state index is 0.127. The number of nitrogens with zero attached hydrogens (tertiary/aromatic N) is 2. The quantitative estimate of drug-likeness (QED) is 0.228. The predicted molar refractivity (Wildman–Crippen MR) is 141 cm³/mol. The van der Waals surface area contributed by atoms with Crippen LogP contribution in [0, 0.1) is 0 Å². The molecule has 1 saturated carbocycles. The Morgan fingerprint density at radius 2 is 1.71 bits per heavy atom. The predicted octanol–water partition coefficient (Wildman–Crippen LogP) is 6.36. The summed E-state index contributed by atoms with van der Waals surface area (Å²) in [6.45, 7) is 0.655. The normalized spacial score (nSPS) is 22.7. The monoisotopic (exact) mass is 621 g/mol. The van der Waals surface area contributed by atoms with E-state index in [2.05, 4.69) is 10.2 Å². The zero-order chi connectivity index (χ0) is 30.9. The number of hydrogen-bond acceptors (Lipinski definition) is 7.